The standard InChI is InChI=1S/C13H15F2NO/c14-12-8-10(16-5-2-1-3-6-16)9-13(15)11(12)4-7-17/h7-9H,1-6H2. The van der Waals surface area contributed by atoms with Gasteiger partial charge in [-0.25, -0.2) is 8.78 Å². The monoisotopic (exact) mass is 239 g/mol. The number of benzene rings is 1. The molecule has 1 fully saturated rings. The highest BCUT2D eigenvalue weighted by atomic mass is 19.1. The second-order valence-corrected chi connectivity index (χ2v) is 4.31. The Kier molecular flexibility index (Phi) is 3.71. The lowest BCUT2D eigenvalue weighted by Crippen LogP contribution is -2.29. The van der Waals surface area contributed by atoms with E-state index < -0.39 is 11.6 Å². The Morgan fingerprint density at radius 2 is 1.71 bits per heavy atom. The Hall–Kier alpha value is -1.45. The minimum Gasteiger partial charge on any atom is -0.371 e. The van der Waals surface area contributed by atoms with E-state index in [1.54, 1.807) is 0 Å². The van der Waals surface area contributed by atoms with E-state index >= 15 is 0 Å². The van der Waals surface area contributed by atoms with E-state index in [0.717, 1.165) is 25.9 Å². The van der Waals surface area contributed by atoms with Gasteiger partial charge in [0.2, 0.25) is 0 Å². The molecule has 0 saturated carbocycles. The zero-order valence-corrected chi connectivity index (χ0v) is 9.59. The number of anilines is 1. The van der Waals surface area contributed by atoms with Crippen LogP contribution in [0, 0.1) is 11.6 Å². The second kappa shape index (κ2) is 5.25. The molecule has 0 bridgehead atoms. The van der Waals surface area contributed by atoms with Gasteiger partial charge in [0.05, 0.1) is 0 Å². The van der Waals surface area contributed by atoms with Gasteiger partial charge in [-0.2, -0.15) is 0 Å². The van der Waals surface area contributed by atoms with Crippen molar-refractivity contribution in [2.24, 2.45) is 0 Å². The lowest BCUT2D eigenvalue weighted by Gasteiger charge is -2.29. The Labute approximate surface area is 99.2 Å². The molecule has 1 aromatic rings. The smallest absolute Gasteiger partial charge is 0.131 e. The van der Waals surface area contributed by atoms with Gasteiger partial charge in [0.1, 0.15) is 17.9 Å². The fourth-order valence-corrected chi connectivity index (χ4v) is 2.20. The summed E-state index contributed by atoms with van der Waals surface area (Å²) < 4.78 is 27.3. The van der Waals surface area contributed by atoms with Gasteiger partial charge >= 0.3 is 0 Å². The Morgan fingerprint density at radius 3 is 2.24 bits per heavy atom. The number of carbonyl (C=O) groups excluding carboxylic acids is 1. The van der Waals surface area contributed by atoms with Crippen molar-refractivity contribution < 1.29 is 13.6 Å². The molecule has 17 heavy (non-hydrogen) atoms. The van der Waals surface area contributed by atoms with Crippen molar-refractivity contribution in [3.05, 3.63) is 29.3 Å². The summed E-state index contributed by atoms with van der Waals surface area (Å²) in [6.45, 7) is 1.68. The first-order valence-electron chi connectivity index (χ1n) is 5.89. The number of halogens is 2. The van der Waals surface area contributed by atoms with E-state index in [1.165, 1.54) is 18.6 Å². The SMILES string of the molecule is O=CCc1c(F)cc(N2CCCCC2)cc1F. The highest BCUT2D eigenvalue weighted by Gasteiger charge is 2.16. The molecule has 1 aliphatic rings. The zero-order chi connectivity index (χ0) is 12.3. The maximum Gasteiger partial charge on any atom is 0.131 e. The van der Waals surface area contributed by atoms with Crippen LogP contribution in [-0.4, -0.2) is 19.4 Å². The number of hydrogen-bond acceptors (Lipinski definition) is 2. The van der Waals surface area contributed by atoms with Crippen molar-refractivity contribution in [3.63, 3.8) is 0 Å². The molecule has 4 heteroatoms. The Bertz CT molecular complexity index is 391. The van der Waals surface area contributed by atoms with Crippen LogP contribution in [0.5, 0.6) is 0 Å². The molecular weight excluding hydrogens is 224 g/mol. The quantitative estimate of drug-likeness (QED) is 0.756. The predicted molar refractivity (Wildman–Crippen MR) is 62.2 cm³/mol. The van der Waals surface area contributed by atoms with Crippen LogP contribution in [0.1, 0.15) is 24.8 Å². The van der Waals surface area contributed by atoms with E-state index in [2.05, 4.69) is 0 Å². The van der Waals surface area contributed by atoms with E-state index in [0.29, 0.717) is 12.0 Å². The third-order valence-electron chi connectivity index (χ3n) is 3.13. The molecule has 2 rings (SSSR count). The number of carbonyl (C=O) groups is 1. The fourth-order valence-electron chi connectivity index (χ4n) is 2.20. The van der Waals surface area contributed by atoms with E-state index in [1.807, 2.05) is 4.90 Å². The van der Waals surface area contributed by atoms with Gasteiger partial charge in [-0.1, -0.05) is 0 Å². The summed E-state index contributed by atoms with van der Waals surface area (Å²) in [6.07, 6.45) is 3.59. The molecule has 0 spiro atoms. The van der Waals surface area contributed by atoms with Crippen LogP contribution in [0.25, 0.3) is 0 Å². The molecule has 1 heterocycles. The predicted octanol–water partition coefficient (Wildman–Crippen LogP) is 2.70. The van der Waals surface area contributed by atoms with Crippen LogP contribution in [-0.2, 0) is 11.2 Å². The van der Waals surface area contributed by atoms with Crippen molar-refractivity contribution >= 4 is 12.0 Å². The van der Waals surface area contributed by atoms with Crippen molar-refractivity contribution in [2.45, 2.75) is 25.7 Å². The lowest BCUT2D eigenvalue weighted by atomic mass is 10.1. The summed E-state index contributed by atoms with van der Waals surface area (Å²) in [7, 11) is 0. The number of hydrogen-bond donors (Lipinski definition) is 0. The summed E-state index contributed by atoms with van der Waals surface area (Å²) in [5, 5.41) is 0. The molecule has 1 aliphatic heterocycles. The second-order valence-electron chi connectivity index (χ2n) is 4.31. The van der Waals surface area contributed by atoms with Gasteiger partial charge in [0, 0.05) is 30.8 Å². The lowest BCUT2D eigenvalue weighted by molar-refractivity contribution is -0.107. The molecule has 1 aromatic carbocycles. The third kappa shape index (κ3) is 2.62. The molecule has 2 nitrogen and oxygen atoms in total. The molecule has 0 radical (unpaired) electrons. The minimum absolute atomic E-state index is 0.138. The van der Waals surface area contributed by atoms with Crippen molar-refractivity contribution in [3.8, 4) is 0 Å². The molecule has 0 amide bonds. The minimum atomic E-state index is -0.627. The molecule has 0 N–H and O–H groups in total. The summed E-state index contributed by atoms with van der Waals surface area (Å²) in [5.74, 6) is -1.25. The average Bonchev–Trinajstić information content (AvgIpc) is 2.35. The first-order valence-corrected chi connectivity index (χ1v) is 5.89. The van der Waals surface area contributed by atoms with Gasteiger partial charge in [-0.15, -0.1) is 0 Å². The van der Waals surface area contributed by atoms with Crippen LogP contribution in [0.3, 0.4) is 0 Å². The van der Waals surface area contributed by atoms with Crippen molar-refractivity contribution in [2.75, 3.05) is 18.0 Å². The number of rotatable bonds is 3. The topological polar surface area (TPSA) is 20.3 Å². The van der Waals surface area contributed by atoms with Crippen LogP contribution in [0.2, 0.25) is 0 Å². The van der Waals surface area contributed by atoms with Crippen LogP contribution >= 0.6 is 0 Å². The average molecular weight is 239 g/mol. The third-order valence-corrected chi connectivity index (χ3v) is 3.13. The number of aldehydes is 1. The Balaban J connectivity index is 2.27. The van der Waals surface area contributed by atoms with Gasteiger partial charge in [-0.05, 0) is 31.4 Å². The molecule has 0 aliphatic carbocycles. The Morgan fingerprint density at radius 1 is 1.12 bits per heavy atom. The van der Waals surface area contributed by atoms with E-state index in [-0.39, 0.29) is 12.0 Å². The molecule has 0 atom stereocenters. The fraction of sp³-hybridized carbons (Fsp3) is 0.462. The molecule has 0 aromatic heterocycles. The van der Waals surface area contributed by atoms with Gasteiger partial charge in [0.15, 0.2) is 0 Å². The van der Waals surface area contributed by atoms with Gasteiger partial charge < -0.3 is 9.69 Å². The first-order chi connectivity index (χ1) is 8.22. The first kappa shape index (κ1) is 12.0. The maximum absolute atomic E-state index is 13.6. The van der Waals surface area contributed by atoms with Gasteiger partial charge in [-0.3, -0.25) is 0 Å². The van der Waals surface area contributed by atoms with Crippen LogP contribution in [0.4, 0.5) is 14.5 Å². The van der Waals surface area contributed by atoms with Crippen LogP contribution in [0.15, 0.2) is 12.1 Å². The zero-order valence-electron chi connectivity index (χ0n) is 9.59. The molecule has 1 saturated heterocycles. The molecule has 0 unspecified atom stereocenters. The number of nitrogens with zero attached hydrogens (tertiary/aromatic N) is 1. The van der Waals surface area contributed by atoms with Crippen LogP contribution < -0.4 is 4.90 Å². The molecular formula is C13H15F2NO. The number of piperidine rings is 1. The van der Waals surface area contributed by atoms with E-state index in [9.17, 15) is 13.6 Å². The van der Waals surface area contributed by atoms with Crippen molar-refractivity contribution in [1.82, 2.24) is 0 Å². The summed E-state index contributed by atoms with van der Waals surface area (Å²) in [5.41, 5.74) is 0.440. The summed E-state index contributed by atoms with van der Waals surface area (Å²) >= 11 is 0. The van der Waals surface area contributed by atoms with E-state index in [4.69, 9.17) is 0 Å². The molecule has 92 valence electrons. The normalized spacial score (nSPS) is 16.0. The highest BCUT2D eigenvalue weighted by molar-refractivity contribution is 5.57. The summed E-state index contributed by atoms with van der Waals surface area (Å²) in [4.78, 5) is 12.3. The highest BCUT2D eigenvalue weighted by Crippen LogP contribution is 2.24. The summed E-state index contributed by atoms with van der Waals surface area (Å²) in [6, 6.07) is 2.65. The van der Waals surface area contributed by atoms with Crippen molar-refractivity contribution in [1.29, 1.82) is 0 Å². The maximum atomic E-state index is 13.6. The van der Waals surface area contributed by atoms with Gasteiger partial charge in [0.25, 0.3) is 0 Å². The largest absolute Gasteiger partial charge is 0.371 e.